The van der Waals surface area contributed by atoms with Gasteiger partial charge in [-0.1, -0.05) is 24.3 Å². The normalized spacial score (nSPS) is 9.88. The summed E-state index contributed by atoms with van der Waals surface area (Å²) in [6.45, 7) is 0. The molecule has 2 aromatic rings. The van der Waals surface area contributed by atoms with Crippen LogP contribution in [-0.4, -0.2) is 7.11 Å². The Balaban J connectivity index is 2.30. The zero-order valence-corrected chi connectivity index (χ0v) is 8.81. The molecule has 0 aliphatic rings. The molecule has 0 aliphatic carbocycles. The molecule has 0 saturated carbocycles. The van der Waals surface area contributed by atoms with E-state index in [2.05, 4.69) is 0 Å². The lowest BCUT2D eigenvalue weighted by Crippen LogP contribution is -1.91. The highest BCUT2D eigenvalue weighted by atomic mass is 19.1. The van der Waals surface area contributed by atoms with Crippen LogP contribution in [0.3, 0.4) is 0 Å². The van der Waals surface area contributed by atoms with Crippen molar-refractivity contribution in [2.45, 2.75) is 0 Å². The van der Waals surface area contributed by atoms with Gasteiger partial charge in [0.05, 0.1) is 7.11 Å². The first-order valence-corrected chi connectivity index (χ1v) is 4.86. The van der Waals surface area contributed by atoms with Gasteiger partial charge in [0, 0.05) is 0 Å². The zero-order valence-electron chi connectivity index (χ0n) is 8.81. The average molecular weight is 218 g/mol. The van der Waals surface area contributed by atoms with Crippen LogP contribution in [0.5, 0.6) is 17.2 Å². The van der Waals surface area contributed by atoms with Crippen LogP contribution in [-0.2, 0) is 0 Å². The maximum Gasteiger partial charge on any atom is 0.169 e. The summed E-state index contributed by atoms with van der Waals surface area (Å²) in [7, 11) is 1.55. The summed E-state index contributed by atoms with van der Waals surface area (Å²) in [5.41, 5.74) is 0. The molecule has 0 aliphatic heterocycles. The SMILES string of the molecule is COc1ccccc1Oc1ccccc1F. The number of methoxy groups -OCH3 is 1. The lowest BCUT2D eigenvalue weighted by molar-refractivity contribution is 0.371. The van der Waals surface area contributed by atoms with Crippen molar-refractivity contribution in [1.29, 1.82) is 0 Å². The summed E-state index contributed by atoms with van der Waals surface area (Å²) in [4.78, 5) is 0. The molecule has 0 bridgehead atoms. The molecule has 2 nitrogen and oxygen atoms in total. The molecule has 0 fully saturated rings. The molecule has 0 spiro atoms. The predicted octanol–water partition coefficient (Wildman–Crippen LogP) is 3.63. The van der Waals surface area contributed by atoms with Crippen LogP contribution in [0, 0.1) is 5.82 Å². The summed E-state index contributed by atoms with van der Waals surface area (Å²) in [6, 6.07) is 13.4. The number of ether oxygens (including phenoxy) is 2. The largest absolute Gasteiger partial charge is 0.493 e. The molecule has 0 saturated heterocycles. The minimum absolute atomic E-state index is 0.187. The third-order valence-electron chi connectivity index (χ3n) is 2.13. The highest BCUT2D eigenvalue weighted by Gasteiger charge is 2.07. The van der Waals surface area contributed by atoms with Gasteiger partial charge in [-0.25, -0.2) is 4.39 Å². The van der Waals surface area contributed by atoms with Crippen molar-refractivity contribution < 1.29 is 13.9 Å². The minimum atomic E-state index is -0.395. The van der Waals surface area contributed by atoms with Crippen LogP contribution in [0.2, 0.25) is 0 Å². The Morgan fingerprint density at radius 2 is 1.38 bits per heavy atom. The Labute approximate surface area is 93.2 Å². The van der Waals surface area contributed by atoms with E-state index in [1.807, 2.05) is 6.07 Å². The molecule has 0 N–H and O–H groups in total. The minimum Gasteiger partial charge on any atom is -0.493 e. The fourth-order valence-corrected chi connectivity index (χ4v) is 1.35. The van der Waals surface area contributed by atoms with Gasteiger partial charge in [-0.3, -0.25) is 0 Å². The molecule has 82 valence electrons. The van der Waals surface area contributed by atoms with Gasteiger partial charge in [-0.2, -0.15) is 0 Å². The average Bonchev–Trinajstić information content (AvgIpc) is 2.33. The maximum absolute atomic E-state index is 13.3. The van der Waals surface area contributed by atoms with E-state index in [0.29, 0.717) is 11.5 Å². The predicted molar refractivity (Wildman–Crippen MR) is 59.5 cm³/mol. The number of para-hydroxylation sites is 3. The van der Waals surface area contributed by atoms with Crippen molar-refractivity contribution in [3.8, 4) is 17.2 Å². The van der Waals surface area contributed by atoms with Crippen molar-refractivity contribution in [2.75, 3.05) is 7.11 Å². The van der Waals surface area contributed by atoms with E-state index in [1.54, 1.807) is 43.5 Å². The Morgan fingerprint density at radius 3 is 2.00 bits per heavy atom. The Bertz CT molecular complexity index is 483. The summed E-state index contributed by atoms with van der Waals surface area (Å²) < 4.78 is 23.9. The zero-order chi connectivity index (χ0) is 11.4. The van der Waals surface area contributed by atoms with E-state index in [1.165, 1.54) is 6.07 Å². The third-order valence-corrected chi connectivity index (χ3v) is 2.13. The standard InChI is InChI=1S/C13H11FO2/c1-15-12-8-4-5-9-13(12)16-11-7-3-2-6-10(11)14/h2-9H,1H3. The van der Waals surface area contributed by atoms with Gasteiger partial charge in [0.25, 0.3) is 0 Å². The monoisotopic (exact) mass is 218 g/mol. The number of hydrogen-bond donors (Lipinski definition) is 0. The van der Waals surface area contributed by atoms with E-state index < -0.39 is 5.82 Å². The molecule has 0 heterocycles. The Hall–Kier alpha value is -2.03. The van der Waals surface area contributed by atoms with Crippen molar-refractivity contribution in [1.82, 2.24) is 0 Å². The van der Waals surface area contributed by atoms with Gasteiger partial charge in [0.15, 0.2) is 23.1 Å². The number of hydrogen-bond acceptors (Lipinski definition) is 2. The number of rotatable bonds is 3. The summed E-state index contributed by atoms with van der Waals surface area (Å²) in [5, 5.41) is 0. The molecule has 16 heavy (non-hydrogen) atoms. The fraction of sp³-hybridized carbons (Fsp3) is 0.0769. The second kappa shape index (κ2) is 4.66. The van der Waals surface area contributed by atoms with Crippen molar-refractivity contribution in [2.24, 2.45) is 0 Å². The number of benzene rings is 2. The molecule has 2 rings (SSSR count). The highest BCUT2D eigenvalue weighted by molar-refractivity contribution is 5.42. The first-order valence-electron chi connectivity index (χ1n) is 4.86. The topological polar surface area (TPSA) is 18.5 Å². The number of halogens is 1. The highest BCUT2D eigenvalue weighted by Crippen LogP contribution is 2.31. The molecule has 0 aromatic heterocycles. The third kappa shape index (κ3) is 2.14. The summed E-state index contributed by atoms with van der Waals surface area (Å²) >= 11 is 0. The van der Waals surface area contributed by atoms with Crippen LogP contribution in [0.4, 0.5) is 4.39 Å². The van der Waals surface area contributed by atoms with E-state index in [-0.39, 0.29) is 5.75 Å². The summed E-state index contributed by atoms with van der Waals surface area (Å²) in [6.07, 6.45) is 0. The van der Waals surface area contributed by atoms with Crippen molar-refractivity contribution >= 4 is 0 Å². The van der Waals surface area contributed by atoms with Crippen molar-refractivity contribution in [3.05, 3.63) is 54.3 Å². The van der Waals surface area contributed by atoms with Crippen LogP contribution in [0.1, 0.15) is 0 Å². The van der Waals surface area contributed by atoms with Crippen molar-refractivity contribution in [3.63, 3.8) is 0 Å². The van der Waals surface area contributed by atoms with Crippen LogP contribution in [0.15, 0.2) is 48.5 Å². The van der Waals surface area contributed by atoms with E-state index in [9.17, 15) is 4.39 Å². The molecule has 3 heteroatoms. The Morgan fingerprint density at radius 1 is 0.812 bits per heavy atom. The van der Waals surface area contributed by atoms with Gasteiger partial charge in [0.2, 0.25) is 0 Å². The maximum atomic E-state index is 13.3. The van der Waals surface area contributed by atoms with Gasteiger partial charge < -0.3 is 9.47 Å². The molecule has 0 radical (unpaired) electrons. The molecular weight excluding hydrogens is 207 g/mol. The second-order valence-electron chi connectivity index (χ2n) is 3.18. The lowest BCUT2D eigenvalue weighted by atomic mass is 10.3. The Kier molecular flexibility index (Phi) is 3.05. The van der Waals surface area contributed by atoms with E-state index in [0.717, 1.165) is 0 Å². The van der Waals surface area contributed by atoms with E-state index in [4.69, 9.17) is 9.47 Å². The smallest absolute Gasteiger partial charge is 0.169 e. The first-order chi connectivity index (χ1) is 7.81. The van der Waals surface area contributed by atoms with Gasteiger partial charge in [0.1, 0.15) is 0 Å². The first kappa shape index (κ1) is 10.5. The van der Waals surface area contributed by atoms with Gasteiger partial charge >= 0.3 is 0 Å². The van der Waals surface area contributed by atoms with Crippen LogP contribution >= 0.6 is 0 Å². The quantitative estimate of drug-likeness (QED) is 0.783. The fourth-order valence-electron chi connectivity index (χ4n) is 1.35. The lowest BCUT2D eigenvalue weighted by Gasteiger charge is -2.10. The van der Waals surface area contributed by atoms with Gasteiger partial charge in [-0.15, -0.1) is 0 Å². The molecule has 0 unspecified atom stereocenters. The molecule has 0 amide bonds. The molecular formula is C13H11FO2. The summed E-state index contributed by atoms with van der Waals surface area (Å²) in [5.74, 6) is 0.862. The molecule has 2 aromatic carbocycles. The van der Waals surface area contributed by atoms with Crippen LogP contribution < -0.4 is 9.47 Å². The van der Waals surface area contributed by atoms with E-state index >= 15 is 0 Å². The molecule has 0 atom stereocenters. The second-order valence-corrected chi connectivity index (χ2v) is 3.18. The van der Waals surface area contributed by atoms with Crippen LogP contribution in [0.25, 0.3) is 0 Å². The van der Waals surface area contributed by atoms with Gasteiger partial charge in [-0.05, 0) is 24.3 Å².